The molecule has 0 saturated carbocycles. The summed E-state index contributed by atoms with van der Waals surface area (Å²) in [6.07, 6.45) is -4.34. The Hall–Kier alpha value is -6.62. The Kier molecular flexibility index (Phi) is 12.7. The highest BCUT2D eigenvalue weighted by atomic mass is 19.4. The van der Waals surface area contributed by atoms with Crippen molar-refractivity contribution in [3.05, 3.63) is 167 Å². The third-order valence-corrected chi connectivity index (χ3v) is 7.20. The maximum Gasteiger partial charge on any atom is 0.408 e. The van der Waals surface area contributed by atoms with Crippen molar-refractivity contribution < 1.29 is 45.4 Å². The van der Waals surface area contributed by atoms with Crippen molar-refractivity contribution >= 4 is 11.6 Å². The van der Waals surface area contributed by atoms with Gasteiger partial charge in [-0.2, -0.15) is 36.5 Å². The molecule has 0 aliphatic rings. The number of benzene rings is 4. The van der Waals surface area contributed by atoms with Gasteiger partial charge in [0.2, 0.25) is 11.6 Å². The third-order valence-electron chi connectivity index (χ3n) is 7.20. The molecule has 0 fully saturated rings. The van der Waals surface area contributed by atoms with E-state index in [1.54, 1.807) is 18.2 Å². The van der Waals surface area contributed by atoms with Gasteiger partial charge in [-0.25, -0.2) is 0 Å². The van der Waals surface area contributed by atoms with Gasteiger partial charge in [-0.15, -0.1) is 0 Å². The average Bonchev–Trinajstić information content (AvgIpc) is 3.81. The number of aromatic nitrogens is 4. The van der Waals surface area contributed by atoms with Crippen LogP contribution in [0.2, 0.25) is 0 Å². The van der Waals surface area contributed by atoms with Crippen molar-refractivity contribution in [1.82, 2.24) is 19.6 Å². The molecule has 6 rings (SSSR count). The van der Waals surface area contributed by atoms with Crippen LogP contribution in [0.5, 0.6) is 11.5 Å². The van der Waals surface area contributed by atoms with Crippen molar-refractivity contribution in [2.45, 2.75) is 38.7 Å². The quantitative estimate of drug-likeness (QED) is 0.0573. The number of nitrogens with zero attached hydrogens (tertiary/aromatic N) is 4. The minimum atomic E-state index is -4.47. The zero-order valence-electron chi connectivity index (χ0n) is 28.2. The number of rotatable bonds is 11. The van der Waals surface area contributed by atoms with E-state index >= 15 is 0 Å². The molecule has 0 radical (unpaired) electrons. The molecular formula is C40H30F6N4O4. The lowest BCUT2D eigenvalue weighted by atomic mass is 10.0. The highest BCUT2D eigenvalue weighted by Crippen LogP contribution is 2.20. The SMILES string of the molecule is FC(F)(F)Cn1cc(C#Cc2cccc(OCc3ccccc3)c2)cn1.O=C(C(=O)c1cnn(CC(F)(F)F)c1)c1cccc(OCc2ccccc2)c1. The van der Waals surface area contributed by atoms with E-state index in [0.717, 1.165) is 28.2 Å². The van der Waals surface area contributed by atoms with Crippen LogP contribution in [0.4, 0.5) is 26.3 Å². The van der Waals surface area contributed by atoms with Gasteiger partial charge in [0.1, 0.15) is 37.8 Å². The molecule has 0 spiro atoms. The molecule has 0 aliphatic carbocycles. The van der Waals surface area contributed by atoms with E-state index in [1.807, 2.05) is 78.9 Å². The van der Waals surface area contributed by atoms with E-state index in [4.69, 9.17) is 9.47 Å². The van der Waals surface area contributed by atoms with Gasteiger partial charge in [-0.05, 0) is 41.5 Å². The number of halogens is 6. The van der Waals surface area contributed by atoms with Crippen molar-refractivity contribution in [1.29, 1.82) is 0 Å². The van der Waals surface area contributed by atoms with E-state index in [2.05, 4.69) is 22.0 Å². The normalized spacial score (nSPS) is 11.1. The fraction of sp³-hybridized carbons (Fsp3) is 0.150. The second kappa shape index (κ2) is 17.7. The number of hydrogen-bond acceptors (Lipinski definition) is 6. The van der Waals surface area contributed by atoms with Crippen molar-refractivity contribution in [3.8, 4) is 23.3 Å². The summed E-state index contributed by atoms with van der Waals surface area (Å²) in [6.45, 7) is -1.73. The first-order valence-electron chi connectivity index (χ1n) is 16.1. The molecule has 8 nitrogen and oxygen atoms in total. The standard InChI is InChI=1S/C20H15F3N2O3.C20H15F3N2O/c21-20(22,23)13-25-11-16(10-24-25)19(27)18(26)15-7-4-8-17(9-15)28-12-14-5-2-1-3-6-14;21-20(22,23)15-25-13-18(12-24-25)10-9-16-7-4-8-19(11-16)26-14-17-5-2-1-3-6-17/h1-11H,12-13H2;1-8,11-13H,14-15H2. The number of alkyl halides is 6. The minimum absolute atomic E-state index is 0.0825. The van der Waals surface area contributed by atoms with Crippen molar-refractivity contribution in [2.24, 2.45) is 0 Å². The summed E-state index contributed by atoms with van der Waals surface area (Å²) in [6, 6.07) is 32.5. The summed E-state index contributed by atoms with van der Waals surface area (Å²) < 4.78 is 86.9. The molecule has 54 heavy (non-hydrogen) atoms. The highest BCUT2D eigenvalue weighted by molar-refractivity contribution is 6.49. The summed E-state index contributed by atoms with van der Waals surface area (Å²) in [5.74, 6) is 5.01. The number of carbonyl (C=O) groups excluding carboxylic acids is 2. The van der Waals surface area contributed by atoms with Gasteiger partial charge in [0.05, 0.1) is 23.5 Å². The van der Waals surface area contributed by atoms with E-state index in [1.165, 1.54) is 24.5 Å². The van der Waals surface area contributed by atoms with Crippen LogP contribution in [0.25, 0.3) is 0 Å². The maximum absolute atomic E-state index is 12.4. The number of Topliss-reactive ketones (excluding diaryl/α,β-unsaturated/α-hetero) is 2. The fourth-order valence-corrected chi connectivity index (χ4v) is 4.73. The number of hydrogen-bond donors (Lipinski definition) is 0. The lowest BCUT2D eigenvalue weighted by Gasteiger charge is -2.07. The molecule has 14 heteroatoms. The molecular weight excluding hydrogens is 714 g/mol. The molecule has 0 atom stereocenters. The summed E-state index contributed by atoms with van der Waals surface area (Å²) in [4.78, 5) is 24.7. The smallest absolute Gasteiger partial charge is 0.408 e. The Morgan fingerprint density at radius 3 is 1.65 bits per heavy atom. The first-order chi connectivity index (χ1) is 25.8. The molecule has 276 valence electrons. The van der Waals surface area contributed by atoms with Crippen LogP contribution in [0.1, 0.15) is 43.0 Å². The zero-order valence-corrected chi connectivity index (χ0v) is 28.2. The Balaban J connectivity index is 0.000000208. The predicted octanol–water partition coefficient (Wildman–Crippen LogP) is 8.51. The number of carbonyl (C=O) groups is 2. The van der Waals surface area contributed by atoms with Crippen molar-refractivity contribution in [2.75, 3.05) is 0 Å². The van der Waals surface area contributed by atoms with Crippen LogP contribution < -0.4 is 9.47 Å². The molecule has 6 aromatic rings. The second-order valence-electron chi connectivity index (χ2n) is 11.6. The minimum Gasteiger partial charge on any atom is -0.489 e. The van der Waals surface area contributed by atoms with E-state index in [-0.39, 0.29) is 17.7 Å². The maximum atomic E-state index is 12.4. The average molecular weight is 745 g/mol. The zero-order chi connectivity index (χ0) is 38.6. The number of ketones is 2. The second-order valence-corrected chi connectivity index (χ2v) is 11.6. The Bertz CT molecular complexity index is 2220. The summed E-state index contributed by atoms with van der Waals surface area (Å²) in [5.41, 5.74) is 3.00. The van der Waals surface area contributed by atoms with E-state index in [9.17, 15) is 35.9 Å². The topological polar surface area (TPSA) is 88.2 Å². The molecule has 0 N–H and O–H groups in total. The van der Waals surface area contributed by atoms with Gasteiger partial charge in [0, 0.05) is 23.5 Å². The van der Waals surface area contributed by atoms with Gasteiger partial charge in [0.25, 0.3) is 0 Å². The molecule has 0 saturated heterocycles. The lowest BCUT2D eigenvalue weighted by molar-refractivity contribution is -0.143. The molecule has 0 aliphatic heterocycles. The van der Waals surface area contributed by atoms with Crippen LogP contribution in [0, 0.1) is 11.8 Å². The van der Waals surface area contributed by atoms with Crippen molar-refractivity contribution in [3.63, 3.8) is 0 Å². The lowest BCUT2D eigenvalue weighted by Crippen LogP contribution is -2.18. The molecule has 0 unspecified atom stereocenters. The summed E-state index contributed by atoms with van der Waals surface area (Å²) in [7, 11) is 0. The monoisotopic (exact) mass is 744 g/mol. The molecule has 4 aromatic carbocycles. The summed E-state index contributed by atoms with van der Waals surface area (Å²) in [5, 5.41) is 7.14. The largest absolute Gasteiger partial charge is 0.489 e. The van der Waals surface area contributed by atoms with Gasteiger partial charge in [-0.1, -0.05) is 90.7 Å². The first-order valence-corrected chi connectivity index (χ1v) is 16.1. The third kappa shape index (κ3) is 12.6. The Labute approximate surface area is 305 Å². The van der Waals surface area contributed by atoms with Gasteiger partial charge in [-0.3, -0.25) is 19.0 Å². The predicted molar refractivity (Wildman–Crippen MR) is 186 cm³/mol. The Morgan fingerprint density at radius 1 is 0.556 bits per heavy atom. The highest BCUT2D eigenvalue weighted by Gasteiger charge is 2.30. The number of ether oxygens (including phenoxy) is 2. The molecule has 2 aromatic heterocycles. The van der Waals surface area contributed by atoms with Crippen LogP contribution in [0.15, 0.2) is 134 Å². The molecule has 0 bridgehead atoms. The van der Waals surface area contributed by atoms with Gasteiger partial charge < -0.3 is 9.47 Å². The van der Waals surface area contributed by atoms with E-state index in [0.29, 0.717) is 33.9 Å². The van der Waals surface area contributed by atoms with E-state index < -0.39 is 37.0 Å². The Morgan fingerprint density at radius 2 is 1.06 bits per heavy atom. The van der Waals surface area contributed by atoms with Crippen LogP contribution in [-0.4, -0.2) is 43.5 Å². The first kappa shape index (κ1) is 38.6. The van der Waals surface area contributed by atoms with Crippen LogP contribution in [0.3, 0.4) is 0 Å². The molecule has 0 amide bonds. The molecule has 2 heterocycles. The van der Waals surface area contributed by atoms with Gasteiger partial charge in [0.15, 0.2) is 0 Å². The fourth-order valence-electron chi connectivity index (χ4n) is 4.73. The van der Waals surface area contributed by atoms with Crippen LogP contribution in [-0.2, 0) is 26.3 Å². The van der Waals surface area contributed by atoms with Gasteiger partial charge >= 0.3 is 12.4 Å². The van der Waals surface area contributed by atoms with Crippen LogP contribution >= 0.6 is 0 Å². The summed E-state index contributed by atoms with van der Waals surface area (Å²) >= 11 is 0.